The Labute approximate surface area is 147 Å². The highest BCUT2D eigenvalue weighted by atomic mass is 35.5. The molecule has 0 saturated carbocycles. The lowest BCUT2D eigenvalue weighted by Crippen LogP contribution is -2.28. The molecule has 0 radical (unpaired) electrons. The zero-order valence-electron chi connectivity index (χ0n) is 13.7. The van der Waals surface area contributed by atoms with Gasteiger partial charge in [0.15, 0.2) is 5.82 Å². The highest BCUT2D eigenvalue weighted by Crippen LogP contribution is 2.21. The Hall–Kier alpha value is -1.99. The number of aryl methyl sites for hydroxylation is 1. The van der Waals surface area contributed by atoms with Gasteiger partial charge in [-0.25, -0.2) is 4.68 Å². The zero-order valence-corrected chi connectivity index (χ0v) is 14.6. The third-order valence-electron chi connectivity index (χ3n) is 4.26. The van der Waals surface area contributed by atoms with Crippen molar-refractivity contribution in [3.63, 3.8) is 0 Å². The Morgan fingerprint density at radius 2 is 2.17 bits per heavy atom. The van der Waals surface area contributed by atoms with Gasteiger partial charge in [0.2, 0.25) is 5.91 Å². The number of rotatable bonds is 5. The van der Waals surface area contributed by atoms with Crippen molar-refractivity contribution in [3.8, 4) is 11.4 Å². The van der Waals surface area contributed by atoms with Gasteiger partial charge in [-0.1, -0.05) is 12.1 Å². The molecular formula is C16H23ClN6O. The highest BCUT2D eigenvalue weighted by Gasteiger charge is 2.15. The van der Waals surface area contributed by atoms with E-state index in [1.807, 2.05) is 24.3 Å². The van der Waals surface area contributed by atoms with Crippen LogP contribution in [0.3, 0.4) is 0 Å². The van der Waals surface area contributed by atoms with Gasteiger partial charge in [-0.2, -0.15) is 0 Å². The van der Waals surface area contributed by atoms with E-state index < -0.39 is 0 Å². The predicted molar refractivity (Wildman–Crippen MR) is 94.9 cm³/mol. The van der Waals surface area contributed by atoms with E-state index in [-0.39, 0.29) is 18.3 Å². The second kappa shape index (κ2) is 8.75. The summed E-state index contributed by atoms with van der Waals surface area (Å²) in [6.07, 6.45) is 3.87. The van der Waals surface area contributed by atoms with Crippen LogP contribution in [0.15, 0.2) is 24.3 Å². The summed E-state index contributed by atoms with van der Waals surface area (Å²) < 4.78 is 1.61. The molecule has 2 aromatic rings. The van der Waals surface area contributed by atoms with E-state index in [9.17, 15) is 4.79 Å². The summed E-state index contributed by atoms with van der Waals surface area (Å²) in [7, 11) is 1.79. The SMILES string of the molecule is Cl.Cn1nnnc1-c1cccc(NC(=O)CCC2CCNCC2)c1. The van der Waals surface area contributed by atoms with Crippen LogP contribution < -0.4 is 10.6 Å². The summed E-state index contributed by atoms with van der Waals surface area (Å²) in [5.74, 6) is 1.41. The van der Waals surface area contributed by atoms with Crippen LogP contribution in [0.4, 0.5) is 5.69 Å². The molecule has 8 heteroatoms. The number of benzene rings is 1. The van der Waals surface area contributed by atoms with Gasteiger partial charge in [0, 0.05) is 24.7 Å². The maximum absolute atomic E-state index is 12.1. The fourth-order valence-electron chi connectivity index (χ4n) is 2.94. The minimum atomic E-state index is 0. The molecule has 2 heterocycles. The van der Waals surface area contributed by atoms with Gasteiger partial charge in [-0.3, -0.25) is 4.79 Å². The first-order valence-electron chi connectivity index (χ1n) is 8.06. The van der Waals surface area contributed by atoms with Crippen molar-refractivity contribution in [3.05, 3.63) is 24.3 Å². The first kappa shape index (κ1) is 18.4. The molecule has 1 aromatic heterocycles. The number of hydrogen-bond donors (Lipinski definition) is 2. The van der Waals surface area contributed by atoms with E-state index in [4.69, 9.17) is 0 Å². The third-order valence-corrected chi connectivity index (χ3v) is 4.26. The number of anilines is 1. The molecule has 1 aliphatic heterocycles. The topological polar surface area (TPSA) is 84.7 Å². The molecule has 0 spiro atoms. The molecule has 0 unspecified atom stereocenters. The van der Waals surface area contributed by atoms with Gasteiger partial charge in [0.1, 0.15) is 0 Å². The lowest BCUT2D eigenvalue weighted by molar-refractivity contribution is -0.116. The molecule has 7 nitrogen and oxygen atoms in total. The molecule has 1 aromatic carbocycles. The normalized spacial score (nSPS) is 14.9. The number of piperidine rings is 1. The zero-order chi connectivity index (χ0) is 16.1. The molecule has 1 saturated heterocycles. The first-order valence-corrected chi connectivity index (χ1v) is 8.06. The van der Waals surface area contributed by atoms with Gasteiger partial charge >= 0.3 is 0 Å². The van der Waals surface area contributed by atoms with Crippen molar-refractivity contribution in [2.75, 3.05) is 18.4 Å². The number of aromatic nitrogens is 4. The molecule has 130 valence electrons. The van der Waals surface area contributed by atoms with E-state index in [0.717, 1.165) is 30.8 Å². The van der Waals surface area contributed by atoms with Crippen molar-refractivity contribution < 1.29 is 4.79 Å². The predicted octanol–water partition coefficient (Wildman–Crippen LogP) is 2.02. The van der Waals surface area contributed by atoms with Crippen LogP contribution in [0.1, 0.15) is 25.7 Å². The van der Waals surface area contributed by atoms with Crippen LogP contribution in [-0.4, -0.2) is 39.2 Å². The molecule has 0 bridgehead atoms. The van der Waals surface area contributed by atoms with Crippen molar-refractivity contribution in [1.29, 1.82) is 0 Å². The van der Waals surface area contributed by atoms with Gasteiger partial charge in [0.05, 0.1) is 0 Å². The molecule has 1 amide bonds. The van der Waals surface area contributed by atoms with Crippen LogP contribution in [-0.2, 0) is 11.8 Å². The number of nitrogens with zero attached hydrogens (tertiary/aromatic N) is 4. The minimum Gasteiger partial charge on any atom is -0.326 e. The Morgan fingerprint density at radius 1 is 1.38 bits per heavy atom. The maximum Gasteiger partial charge on any atom is 0.224 e. The second-order valence-electron chi connectivity index (χ2n) is 5.99. The number of nitrogens with one attached hydrogen (secondary N) is 2. The average Bonchev–Trinajstić information content (AvgIpc) is 3.00. The molecule has 2 N–H and O–H groups in total. The molecule has 1 fully saturated rings. The number of tetrazole rings is 1. The second-order valence-corrected chi connectivity index (χ2v) is 5.99. The van der Waals surface area contributed by atoms with Crippen LogP contribution in [0.2, 0.25) is 0 Å². The highest BCUT2D eigenvalue weighted by molar-refractivity contribution is 5.91. The average molecular weight is 351 g/mol. The van der Waals surface area contributed by atoms with Gasteiger partial charge in [-0.05, 0) is 60.8 Å². The lowest BCUT2D eigenvalue weighted by atomic mass is 9.93. The van der Waals surface area contributed by atoms with Gasteiger partial charge in [0.25, 0.3) is 0 Å². The first-order chi connectivity index (χ1) is 11.2. The van der Waals surface area contributed by atoms with E-state index in [0.29, 0.717) is 18.2 Å². The van der Waals surface area contributed by atoms with Crippen LogP contribution >= 0.6 is 12.4 Å². The standard InChI is InChI=1S/C16H22N6O.ClH/c1-22-16(19-20-21-22)13-3-2-4-14(11-13)18-15(23)6-5-12-7-9-17-10-8-12;/h2-4,11-12,17H,5-10H2,1H3,(H,18,23);1H. The van der Waals surface area contributed by atoms with Crippen LogP contribution in [0.25, 0.3) is 11.4 Å². The van der Waals surface area contributed by atoms with Gasteiger partial charge < -0.3 is 10.6 Å². The lowest BCUT2D eigenvalue weighted by Gasteiger charge is -2.22. The quantitative estimate of drug-likeness (QED) is 0.861. The number of hydrogen-bond acceptors (Lipinski definition) is 5. The molecule has 0 atom stereocenters. The maximum atomic E-state index is 12.1. The summed E-state index contributed by atoms with van der Waals surface area (Å²) in [5, 5.41) is 17.8. The smallest absolute Gasteiger partial charge is 0.224 e. The number of carbonyl (C=O) groups is 1. The Morgan fingerprint density at radius 3 is 2.88 bits per heavy atom. The number of amides is 1. The summed E-state index contributed by atoms with van der Waals surface area (Å²) in [6.45, 7) is 2.14. The van der Waals surface area contributed by atoms with E-state index >= 15 is 0 Å². The molecule has 0 aliphatic carbocycles. The van der Waals surface area contributed by atoms with E-state index in [2.05, 4.69) is 26.2 Å². The number of halogens is 1. The van der Waals surface area contributed by atoms with Crippen LogP contribution in [0.5, 0.6) is 0 Å². The Balaban J connectivity index is 0.00000208. The molecule has 24 heavy (non-hydrogen) atoms. The fourth-order valence-corrected chi connectivity index (χ4v) is 2.94. The Bertz CT molecular complexity index is 668. The monoisotopic (exact) mass is 350 g/mol. The summed E-state index contributed by atoms with van der Waals surface area (Å²) in [5.41, 5.74) is 1.66. The summed E-state index contributed by atoms with van der Waals surface area (Å²) in [4.78, 5) is 12.1. The van der Waals surface area contributed by atoms with Crippen molar-refractivity contribution in [2.45, 2.75) is 25.7 Å². The summed E-state index contributed by atoms with van der Waals surface area (Å²) >= 11 is 0. The van der Waals surface area contributed by atoms with Crippen molar-refractivity contribution in [2.24, 2.45) is 13.0 Å². The summed E-state index contributed by atoms with van der Waals surface area (Å²) in [6, 6.07) is 7.60. The van der Waals surface area contributed by atoms with Crippen LogP contribution in [0, 0.1) is 5.92 Å². The Kier molecular flexibility index (Phi) is 6.69. The minimum absolute atomic E-state index is 0. The molecular weight excluding hydrogens is 328 g/mol. The molecule has 3 rings (SSSR count). The van der Waals surface area contributed by atoms with Crippen molar-refractivity contribution in [1.82, 2.24) is 25.5 Å². The fraction of sp³-hybridized carbons (Fsp3) is 0.500. The van der Waals surface area contributed by atoms with Gasteiger partial charge in [-0.15, -0.1) is 17.5 Å². The van der Waals surface area contributed by atoms with E-state index in [1.165, 1.54) is 12.8 Å². The van der Waals surface area contributed by atoms with E-state index in [1.54, 1.807) is 11.7 Å². The molecule has 1 aliphatic rings. The largest absolute Gasteiger partial charge is 0.326 e. The number of carbonyl (C=O) groups excluding carboxylic acids is 1. The van der Waals surface area contributed by atoms with Crippen molar-refractivity contribution >= 4 is 24.0 Å². The third kappa shape index (κ3) is 4.75.